The van der Waals surface area contributed by atoms with Crippen LogP contribution in [-0.4, -0.2) is 49.6 Å². The highest BCUT2D eigenvalue weighted by Crippen LogP contribution is 2.26. The van der Waals surface area contributed by atoms with Crippen LogP contribution in [0.3, 0.4) is 0 Å². The first-order valence-corrected chi connectivity index (χ1v) is 8.28. The van der Waals surface area contributed by atoms with Crippen LogP contribution in [0.1, 0.15) is 41.6 Å². The second kappa shape index (κ2) is 8.24. The largest absolute Gasteiger partial charge is 0.379 e. The number of hydrogen-bond donors (Lipinski definition) is 1. The third kappa shape index (κ3) is 4.12. The number of nitrogens with one attached hydrogen (secondary N) is 1. The number of benzene rings is 1. The minimum atomic E-state index is -0.323. The van der Waals surface area contributed by atoms with Crippen molar-refractivity contribution in [1.82, 2.24) is 10.2 Å². The molecular weight excluding hydrogens is 311 g/mol. The summed E-state index contributed by atoms with van der Waals surface area (Å²) in [4.78, 5) is 26.2. The van der Waals surface area contributed by atoms with Crippen LogP contribution < -0.4 is 5.32 Å². The summed E-state index contributed by atoms with van der Waals surface area (Å²) in [5.74, 6) is -0.515. The third-order valence-electron chi connectivity index (χ3n) is 4.63. The molecule has 1 aromatic carbocycles. The van der Waals surface area contributed by atoms with Crippen molar-refractivity contribution >= 4 is 11.8 Å². The number of nitrogens with zero attached hydrogens (tertiary/aromatic N) is 1. The van der Waals surface area contributed by atoms with Gasteiger partial charge in [0, 0.05) is 32.7 Å². The number of amides is 2. The Labute approximate surface area is 142 Å². The molecule has 1 N–H and O–H groups in total. The molecule has 1 aliphatic heterocycles. The first-order valence-electron chi connectivity index (χ1n) is 8.28. The fraction of sp³-hybridized carbons (Fsp3) is 0.556. The molecule has 2 atom stereocenters. The molecule has 0 unspecified atom stereocenters. The standard InChI is InChI=1S/C18H25FN2O3/c1-12-11-13(6-7-14(12)19)18(23)21-10-4-5-16(24-3)15(21)8-9-17(22)20-2/h6-7,11,15-16H,4-5,8-10H2,1-3H3,(H,20,22)/t15-,16-/m0/s1. The van der Waals surface area contributed by atoms with Gasteiger partial charge in [0.05, 0.1) is 12.1 Å². The van der Waals surface area contributed by atoms with Gasteiger partial charge < -0.3 is 15.0 Å². The molecule has 1 aromatic rings. The van der Waals surface area contributed by atoms with Gasteiger partial charge in [-0.25, -0.2) is 4.39 Å². The van der Waals surface area contributed by atoms with E-state index in [1.165, 1.54) is 12.1 Å². The number of likely N-dealkylation sites (tertiary alicyclic amines) is 1. The topological polar surface area (TPSA) is 58.6 Å². The molecule has 1 saturated heterocycles. The Morgan fingerprint density at radius 1 is 1.42 bits per heavy atom. The van der Waals surface area contributed by atoms with Crippen LogP contribution in [0.5, 0.6) is 0 Å². The van der Waals surface area contributed by atoms with Crippen molar-refractivity contribution in [3.8, 4) is 0 Å². The molecule has 0 bridgehead atoms. The summed E-state index contributed by atoms with van der Waals surface area (Å²) in [5, 5.41) is 2.60. The summed E-state index contributed by atoms with van der Waals surface area (Å²) >= 11 is 0. The Morgan fingerprint density at radius 2 is 2.17 bits per heavy atom. The summed E-state index contributed by atoms with van der Waals surface area (Å²) in [7, 11) is 3.23. The molecule has 2 rings (SSSR count). The summed E-state index contributed by atoms with van der Waals surface area (Å²) in [6, 6.07) is 4.25. The number of carbonyl (C=O) groups is 2. The van der Waals surface area contributed by atoms with Gasteiger partial charge in [0.2, 0.25) is 5.91 Å². The van der Waals surface area contributed by atoms with Crippen LogP contribution in [0, 0.1) is 12.7 Å². The van der Waals surface area contributed by atoms with E-state index in [1.807, 2.05) is 0 Å². The molecule has 132 valence electrons. The summed E-state index contributed by atoms with van der Waals surface area (Å²) < 4.78 is 19.0. The fourth-order valence-electron chi connectivity index (χ4n) is 3.24. The van der Waals surface area contributed by atoms with Crippen LogP contribution >= 0.6 is 0 Å². The number of aryl methyl sites for hydroxylation is 1. The molecule has 2 amide bonds. The Balaban J connectivity index is 2.20. The van der Waals surface area contributed by atoms with Gasteiger partial charge >= 0.3 is 0 Å². The average molecular weight is 336 g/mol. The Hall–Kier alpha value is -1.95. The van der Waals surface area contributed by atoms with Gasteiger partial charge in [0.25, 0.3) is 5.91 Å². The van der Waals surface area contributed by atoms with Crippen molar-refractivity contribution in [1.29, 1.82) is 0 Å². The van der Waals surface area contributed by atoms with Gasteiger partial charge in [-0.3, -0.25) is 9.59 Å². The maximum absolute atomic E-state index is 13.5. The van der Waals surface area contributed by atoms with E-state index in [4.69, 9.17) is 4.74 Å². The maximum atomic E-state index is 13.5. The van der Waals surface area contributed by atoms with Gasteiger partial charge in [0.15, 0.2) is 0 Å². The zero-order chi connectivity index (χ0) is 17.7. The average Bonchev–Trinajstić information content (AvgIpc) is 2.60. The van der Waals surface area contributed by atoms with Crippen LogP contribution in [0.15, 0.2) is 18.2 Å². The molecule has 0 radical (unpaired) electrons. The number of halogens is 1. The van der Waals surface area contributed by atoms with Crippen molar-refractivity contribution in [3.63, 3.8) is 0 Å². The normalized spacial score (nSPS) is 20.8. The van der Waals surface area contributed by atoms with Crippen molar-refractivity contribution in [2.75, 3.05) is 20.7 Å². The van der Waals surface area contributed by atoms with E-state index in [9.17, 15) is 14.0 Å². The fourth-order valence-corrected chi connectivity index (χ4v) is 3.24. The second-order valence-electron chi connectivity index (χ2n) is 6.16. The van der Waals surface area contributed by atoms with Crippen molar-refractivity contribution in [2.24, 2.45) is 0 Å². The van der Waals surface area contributed by atoms with Gasteiger partial charge in [-0.1, -0.05) is 0 Å². The smallest absolute Gasteiger partial charge is 0.254 e. The van der Waals surface area contributed by atoms with Gasteiger partial charge in [-0.2, -0.15) is 0 Å². The molecule has 0 saturated carbocycles. The van der Waals surface area contributed by atoms with Gasteiger partial charge in [0.1, 0.15) is 5.82 Å². The van der Waals surface area contributed by atoms with E-state index in [0.29, 0.717) is 30.5 Å². The molecular formula is C18H25FN2O3. The van der Waals surface area contributed by atoms with Crippen molar-refractivity contribution in [3.05, 3.63) is 35.1 Å². The summed E-state index contributed by atoms with van der Waals surface area (Å²) in [6.07, 6.45) is 2.51. The van der Waals surface area contributed by atoms with Crippen molar-refractivity contribution in [2.45, 2.75) is 44.8 Å². The predicted octanol–water partition coefficient (Wildman–Crippen LogP) is 2.28. The quantitative estimate of drug-likeness (QED) is 0.897. The van der Waals surface area contributed by atoms with E-state index in [2.05, 4.69) is 5.32 Å². The highest BCUT2D eigenvalue weighted by Gasteiger charge is 2.35. The zero-order valence-electron chi connectivity index (χ0n) is 14.5. The first-order chi connectivity index (χ1) is 11.5. The Morgan fingerprint density at radius 3 is 2.79 bits per heavy atom. The number of piperidine rings is 1. The lowest BCUT2D eigenvalue weighted by Crippen LogP contribution is -2.52. The Kier molecular flexibility index (Phi) is 6.31. The SMILES string of the molecule is CNC(=O)CC[C@H]1[C@@H](OC)CCCN1C(=O)c1ccc(F)c(C)c1. The second-order valence-corrected chi connectivity index (χ2v) is 6.16. The number of rotatable bonds is 5. The monoisotopic (exact) mass is 336 g/mol. The number of methoxy groups -OCH3 is 1. The molecule has 0 spiro atoms. The van der Waals surface area contributed by atoms with Crippen LogP contribution in [-0.2, 0) is 9.53 Å². The van der Waals surface area contributed by atoms with Gasteiger partial charge in [-0.15, -0.1) is 0 Å². The zero-order valence-corrected chi connectivity index (χ0v) is 14.5. The lowest BCUT2D eigenvalue weighted by molar-refractivity contribution is -0.121. The number of ether oxygens (including phenoxy) is 1. The predicted molar refractivity (Wildman–Crippen MR) is 89.3 cm³/mol. The van der Waals surface area contributed by atoms with E-state index in [0.717, 1.165) is 12.8 Å². The van der Waals surface area contributed by atoms with E-state index >= 15 is 0 Å². The van der Waals surface area contributed by atoms with E-state index in [-0.39, 0.29) is 29.8 Å². The van der Waals surface area contributed by atoms with Crippen LogP contribution in [0.2, 0.25) is 0 Å². The molecule has 6 heteroatoms. The highest BCUT2D eigenvalue weighted by atomic mass is 19.1. The Bertz CT molecular complexity index is 606. The first kappa shape index (κ1) is 18.4. The lowest BCUT2D eigenvalue weighted by Gasteiger charge is -2.40. The molecule has 1 heterocycles. The van der Waals surface area contributed by atoms with Crippen LogP contribution in [0.4, 0.5) is 4.39 Å². The molecule has 1 aliphatic rings. The molecule has 5 nitrogen and oxygen atoms in total. The molecule has 1 fully saturated rings. The van der Waals surface area contributed by atoms with E-state index in [1.54, 1.807) is 32.0 Å². The lowest BCUT2D eigenvalue weighted by atomic mass is 9.93. The summed E-state index contributed by atoms with van der Waals surface area (Å²) in [6.45, 7) is 2.26. The molecule has 0 aliphatic carbocycles. The minimum Gasteiger partial charge on any atom is -0.379 e. The molecule has 0 aromatic heterocycles. The van der Waals surface area contributed by atoms with Crippen molar-refractivity contribution < 1.29 is 18.7 Å². The summed E-state index contributed by atoms with van der Waals surface area (Å²) in [5.41, 5.74) is 0.915. The van der Waals surface area contributed by atoms with Gasteiger partial charge in [-0.05, 0) is 49.9 Å². The van der Waals surface area contributed by atoms with Crippen LogP contribution in [0.25, 0.3) is 0 Å². The highest BCUT2D eigenvalue weighted by molar-refractivity contribution is 5.94. The number of carbonyl (C=O) groups excluding carboxylic acids is 2. The minimum absolute atomic E-state index is 0.0551. The molecule has 24 heavy (non-hydrogen) atoms. The maximum Gasteiger partial charge on any atom is 0.254 e. The number of hydrogen-bond acceptors (Lipinski definition) is 3. The van der Waals surface area contributed by atoms with E-state index < -0.39 is 0 Å². The third-order valence-corrected chi connectivity index (χ3v) is 4.63.